The van der Waals surface area contributed by atoms with Crippen molar-refractivity contribution in [3.05, 3.63) is 81.9 Å². The molecule has 0 aliphatic carbocycles. The second kappa shape index (κ2) is 12.7. The first-order chi connectivity index (χ1) is 17.8. The Kier molecular flexibility index (Phi) is 9.46. The summed E-state index contributed by atoms with van der Waals surface area (Å²) in [5.41, 5.74) is 2.92. The highest BCUT2D eigenvalue weighted by molar-refractivity contribution is 6.32. The molecule has 0 aromatic heterocycles. The molecule has 194 valence electrons. The molecule has 0 saturated carbocycles. The number of phenolic OH excluding ortho intramolecular Hbond substituents is 1. The Bertz CT molecular complexity index is 1300. The highest BCUT2D eigenvalue weighted by Crippen LogP contribution is 2.39. The monoisotopic (exact) mass is 524 g/mol. The first-order valence-corrected chi connectivity index (χ1v) is 11.6. The Labute approximate surface area is 221 Å². The van der Waals surface area contributed by atoms with Crippen LogP contribution in [0.4, 0.5) is 0 Å². The molecule has 0 unspecified atom stereocenters. The van der Waals surface area contributed by atoms with Crippen LogP contribution in [0, 0.1) is 0 Å². The molecule has 1 N–H and O–H groups in total. The Balaban J connectivity index is 1.89. The first-order valence-electron chi connectivity index (χ1n) is 11.3. The molecule has 3 aromatic rings. The molecule has 0 fully saturated rings. The van der Waals surface area contributed by atoms with Crippen molar-refractivity contribution in [1.29, 1.82) is 0 Å². The molecule has 0 saturated heterocycles. The number of ether oxygens (including phenoxy) is 5. The number of hydrogen-bond acceptors (Lipinski definition) is 7. The van der Waals surface area contributed by atoms with Crippen molar-refractivity contribution in [3.8, 4) is 34.5 Å². The smallest absolute Gasteiger partial charge is 0.203 e. The van der Waals surface area contributed by atoms with E-state index in [4.69, 9.17) is 35.3 Å². The Morgan fingerprint density at radius 2 is 1.46 bits per heavy atom. The molecule has 0 amide bonds. The molecule has 8 heteroatoms. The summed E-state index contributed by atoms with van der Waals surface area (Å²) in [6.45, 7) is 0. The van der Waals surface area contributed by atoms with Crippen LogP contribution in [0.5, 0.6) is 34.5 Å². The number of allylic oxidation sites excluding steroid dienone is 2. The Hall–Kier alpha value is -4.10. The number of methoxy groups -OCH3 is 5. The van der Waals surface area contributed by atoms with Gasteiger partial charge in [-0.05, 0) is 71.7 Å². The van der Waals surface area contributed by atoms with Crippen molar-refractivity contribution in [2.24, 2.45) is 0 Å². The molecular formula is C29H29ClO7. The molecule has 37 heavy (non-hydrogen) atoms. The lowest BCUT2D eigenvalue weighted by atomic mass is 10.0. The summed E-state index contributed by atoms with van der Waals surface area (Å²) < 4.78 is 26.7. The maximum absolute atomic E-state index is 12.6. The third-order valence-corrected chi connectivity index (χ3v) is 5.92. The van der Waals surface area contributed by atoms with Gasteiger partial charge in [-0.15, -0.1) is 0 Å². The number of benzene rings is 3. The van der Waals surface area contributed by atoms with E-state index in [1.54, 1.807) is 52.7 Å². The van der Waals surface area contributed by atoms with Crippen molar-refractivity contribution in [1.82, 2.24) is 0 Å². The molecule has 3 rings (SSSR count). The maximum Gasteiger partial charge on any atom is 0.203 e. The molecule has 0 spiro atoms. The van der Waals surface area contributed by atoms with Gasteiger partial charge in [-0.3, -0.25) is 4.79 Å². The SMILES string of the molecule is COc1ccc(C(=O)/C=C\Cc2cc(OC)c(Cl)cc2/C=C\c2cc(OC)c(OC)c(OC)c2)cc1O. The third kappa shape index (κ3) is 6.57. The summed E-state index contributed by atoms with van der Waals surface area (Å²) in [6.07, 6.45) is 7.48. The molecule has 7 nitrogen and oxygen atoms in total. The van der Waals surface area contributed by atoms with Crippen LogP contribution in [0.3, 0.4) is 0 Å². The summed E-state index contributed by atoms with van der Waals surface area (Å²) in [7, 11) is 7.67. The van der Waals surface area contributed by atoms with Gasteiger partial charge in [-0.1, -0.05) is 29.8 Å². The van der Waals surface area contributed by atoms with E-state index in [0.717, 1.165) is 16.7 Å². The van der Waals surface area contributed by atoms with E-state index in [1.807, 2.05) is 30.4 Å². The number of hydrogen-bond donors (Lipinski definition) is 1. The van der Waals surface area contributed by atoms with Gasteiger partial charge in [-0.2, -0.15) is 0 Å². The van der Waals surface area contributed by atoms with Gasteiger partial charge in [0.25, 0.3) is 0 Å². The predicted molar refractivity (Wildman–Crippen MR) is 145 cm³/mol. The average Bonchev–Trinajstić information content (AvgIpc) is 2.91. The zero-order valence-electron chi connectivity index (χ0n) is 21.3. The summed E-state index contributed by atoms with van der Waals surface area (Å²) in [6, 6.07) is 11.8. The van der Waals surface area contributed by atoms with Gasteiger partial charge in [0, 0.05) is 5.56 Å². The first kappa shape index (κ1) is 27.5. The Morgan fingerprint density at radius 3 is 2.03 bits per heavy atom. The van der Waals surface area contributed by atoms with Crippen LogP contribution in [0.1, 0.15) is 27.0 Å². The molecule has 3 aromatic carbocycles. The summed E-state index contributed by atoms with van der Waals surface area (Å²) >= 11 is 6.40. The van der Waals surface area contributed by atoms with Gasteiger partial charge in [0.15, 0.2) is 28.8 Å². The predicted octanol–water partition coefficient (Wildman–Crippen LogP) is 6.24. The van der Waals surface area contributed by atoms with E-state index in [1.165, 1.54) is 19.3 Å². The van der Waals surface area contributed by atoms with Crippen molar-refractivity contribution >= 4 is 29.5 Å². The topological polar surface area (TPSA) is 83.5 Å². The molecule has 0 radical (unpaired) electrons. The van der Waals surface area contributed by atoms with Crippen molar-refractivity contribution in [3.63, 3.8) is 0 Å². The highest BCUT2D eigenvalue weighted by Gasteiger charge is 2.13. The van der Waals surface area contributed by atoms with Gasteiger partial charge in [0.1, 0.15) is 5.75 Å². The summed E-state index contributed by atoms with van der Waals surface area (Å²) in [4.78, 5) is 12.6. The third-order valence-electron chi connectivity index (χ3n) is 5.63. The van der Waals surface area contributed by atoms with Crippen LogP contribution in [-0.2, 0) is 6.42 Å². The van der Waals surface area contributed by atoms with Crippen molar-refractivity contribution < 1.29 is 33.6 Å². The lowest BCUT2D eigenvalue weighted by Gasteiger charge is -2.13. The minimum atomic E-state index is -0.242. The fourth-order valence-electron chi connectivity index (χ4n) is 3.72. The second-order valence-corrected chi connectivity index (χ2v) is 8.24. The molecule has 0 bridgehead atoms. The lowest BCUT2D eigenvalue weighted by molar-refractivity contribution is 0.104. The molecule has 0 aliphatic heterocycles. The summed E-state index contributed by atoms with van der Waals surface area (Å²) in [5, 5.41) is 10.4. The zero-order valence-corrected chi connectivity index (χ0v) is 22.1. The standard InChI is InChI=1S/C29H29ClO7/c1-33-25-12-11-21(16-24(25)32)23(31)8-6-7-19-17-26(34-2)22(30)15-20(19)10-9-18-13-27(35-3)29(37-5)28(14-18)36-4/h6,8-17,32H,7H2,1-5H3/b8-6-,10-9-. The molecule has 0 atom stereocenters. The largest absolute Gasteiger partial charge is 0.504 e. The average molecular weight is 525 g/mol. The Morgan fingerprint density at radius 1 is 0.811 bits per heavy atom. The fourth-order valence-corrected chi connectivity index (χ4v) is 3.96. The minimum Gasteiger partial charge on any atom is -0.504 e. The highest BCUT2D eigenvalue weighted by atomic mass is 35.5. The van der Waals surface area contributed by atoms with E-state index in [-0.39, 0.29) is 11.5 Å². The van der Waals surface area contributed by atoms with Gasteiger partial charge < -0.3 is 28.8 Å². The number of rotatable bonds is 11. The van der Waals surface area contributed by atoms with Gasteiger partial charge in [0.05, 0.1) is 40.6 Å². The van der Waals surface area contributed by atoms with E-state index in [9.17, 15) is 9.90 Å². The van der Waals surface area contributed by atoms with Crippen LogP contribution >= 0.6 is 11.6 Å². The van der Waals surface area contributed by atoms with Crippen LogP contribution in [-0.4, -0.2) is 46.4 Å². The maximum atomic E-state index is 12.6. The quantitative estimate of drug-likeness (QED) is 0.180. The van der Waals surface area contributed by atoms with Crippen molar-refractivity contribution in [2.45, 2.75) is 6.42 Å². The van der Waals surface area contributed by atoms with Crippen LogP contribution in [0.2, 0.25) is 5.02 Å². The van der Waals surface area contributed by atoms with Gasteiger partial charge in [0.2, 0.25) is 5.75 Å². The molecule has 0 aliphatic rings. The lowest BCUT2D eigenvalue weighted by Crippen LogP contribution is -1.96. The van der Waals surface area contributed by atoms with E-state index >= 15 is 0 Å². The second-order valence-electron chi connectivity index (χ2n) is 7.83. The minimum absolute atomic E-state index is 0.0941. The fraction of sp³-hybridized carbons (Fsp3) is 0.207. The van der Waals surface area contributed by atoms with Crippen molar-refractivity contribution in [2.75, 3.05) is 35.5 Å². The van der Waals surface area contributed by atoms with E-state index < -0.39 is 0 Å². The normalized spacial score (nSPS) is 11.1. The van der Waals surface area contributed by atoms with E-state index in [0.29, 0.717) is 45.8 Å². The number of aromatic hydroxyl groups is 1. The van der Waals surface area contributed by atoms with E-state index in [2.05, 4.69) is 0 Å². The van der Waals surface area contributed by atoms with Crippen LogP contribution < -0.4 is 23.7 Å². The van der Waals surface area contributed by atoms with Gasteiger partial charge >= 0.3 is 0 Å². The number of ketones is 1. The van der Waals surface area contributed by atoms with Crippen LogP contribution in [0.25, 0.3) is 12.2 Å². The number of phenols is 1. The zero-order chi connectivity index (χ0) is 26.9. The van der Waals surface area contributed by atoms with Gasteiger partial charge in [-0.25, -0.2) is 0 Å². The number of carbonyl (C=O) groups is 1. The molecular weight excluding hydrogens is 496 g/mol. The van der Waals surface area contributed by atoms with Crippen LogP contribution in [0.15, 0.2) is 54.6 Å². The number of carbonyl (C=O) groups excluding carboxylic acids is 1. The summed E-state index contributed by atoms with van der Waals surface area (Å²) in [5.74, 6) is 2.09. The molecule has 0 heterocycles. The number of halogens is 1.